The van der Waals surface area contributed by atoms with E-state index >= 15 is 0 Å². The van der Waals surface area contributed by atoms with E-state index in [9.17, 15) is 19.2 Å². The molecule has 0 bridgehead atoms. The summed E-state index contributed by atoms with van der Waals surface area (Å²) in [6.45, 7) is 1.29. The summed E-state index contributed by atoms with van der Waals surface area (Å²) in [7, 11) is 1.30. The van der Waals surface area contributed by atoms with Crippen LogP contribution in [0.25, 0.3) is 0 Å². The number of rotatable bonds is 5. The van der Waals surface area contributed by atoms with E-state index in [0.29, 0.717) is 38.0 Å². The van der Waals surface area contributed by atoms with Crippen LogP contribution < -0.4 is 10.3 Å². The SMILES string of the molecule is CON1C(=O)CC2(CCN(C(=O)CC[n+]3cccc(C(N)=O)c3)CC2)C1=O. The van der Waals surface area contributed by atoms with E-state index in [1.165, 1.54) is 7.11 Å². The number of nitrogens with two attached hydrogens (primary N) is 1. The maximum Gasteiger partial charge on any atom is 0.260 e. The number of imide groups is 1. The molecule has 2 fully saturated rings. The highest BCUT2D eigenvalue weighted by Gasteiger charge is 2.53. The van der Waals surface area contributed by atoms with Crippen molar-refractivity contribution in [3.63, 3.8) is 0 Å². The number of likely N-dealkylation sites (tertiary alicyclic amines) is 1. The summed E-state index contributed by atoms with van der Waals surface area (Å²) < 4.78 is 1.75. The molecule has 2 N–H and O–H groups in total. The molecule has 2 aliphatic rings. The minimum absolute atomic E-state index is 0.0257. The maximum absolute atomic E-state index is 12.5. The van der Waals surface area contributed by atoms with Crippen LogP contribution in [-0.4, -0.2) is 53.8 Å². The zero-order valence-electron chi connectivity index (χ0n) is 15.2. The third kappa shape index (κ3) is 3.68. The Hall–Kier alpha value is -2.81. The van der Waals surface area contributed by atoms with Gasteiger partial charge in [0.1, 0.15) is 5.56 Å². The molecule has 9 nitrogen and oxygen atoms in total. The molecule has 1 aromatic heterocycles. The Morgan fingerprint density at radius 2 is 2.00 bits per heavy atom. The Balaban J connectivity index is 1.55. The van der Waals surface area contributed by atoms with Gasteiger partial charge in [0.05, 0.1) is 18.9 Å². The Kier molecular flexibility index (Phi) is 5.22. The first-order valence-corrected chi connectivity index (χ1v) is 8.84. The minimum atomic E-state index is -0.742. The number of pyridine rings is 1. The van der Waals surface area contributed by atoms with Crippen molar-refractivity contribution < 1.29 is 28.6 Å². The second-order valence-electron chi connectivity index (χ2n) is 6.96. The Labute approximate surface area is 156 Å². The second-order valence-corrected chi connectivity index (χ2v) is 6.96. The van der Waals surface area contributed by atoms with Crippen LogP contribution in [0.1, 0.15) is 36.0 Å². The second kappa shape index (κ2) is 7.43. The van der Waals surface area contributed by atoms with E-state index in [1.54, 1.807) is 34.0 Å². The van der Waals surface area contributed by atoms with Crippen molar-refractivity contribution >= 4 is 23.6 Å². The number of hydrogen-bond donors (Lipinski definition) is 1. The van der Waals surface area contributed by atoms with Gasteiger partial charge in [0.25, 0.3) is 17.7 Å². The predicted molar refractivity (Wildman–Crippen MR) is 91.5 cm³/mol. The van der Waals surface area contributed by atoms with Crippen LogP contribution in [-0.2, 0) is 25.8 Å². The van der Waals surface area contributed by atoms with Crippen LogP contribution >= 0.6 is 0 Å². The largest absolute Gasteiger partial charge is 0.365 e. The molecule has 2 saturated heterocycles. The van der Waals surface area contributed by atoms with Crippen molar-refractivity contribution in [2.24, 2.45) is 11.1 Å². The van der Waals surface area contributed by atoms with Gasteiger partial charge in [-0.3, -0.25) is 24.0 Å². The summed E-state index contributed by atoms with van der Waals surface area (Å²) in [6.07, 6.45) is 4.70. The first kappa shape index (κ1) is 19.0. The normalized spacial score (nSPS) is 19.0. The van der Waals surface area contributed by atoms with E-state index in [0.717, 1.165) is 5.06 Å². The number of primary amides is 1. The highest BCUT2D eigenvalue weighted by atomic mass is 16.7. The van der Waals surface area contributed by atoms with Gasteiger partial charge in [0.2, 0.25) is 5.91 Å². The third-order valence-electron chi connectivity index (χ3n) is 5.34. The van der Waals surface area contributed by atoms with Gasteiger partial charge in [-0.15, -0.1) is 0 Å². The summed E-state index contributed by atoms with van der Waals surface area (Å²) in [5.41, 5.74) is 4.91. The third-order valence-corrected chi connectivity index (χ3v) is 5.34. The lowest BCUT2D eigenvalue weighted by molar-refractivity contribution is -0.696. The molecule has 9 heteroatoms. The predicted octanol–water partition coefficient (Wildman–Crippen LogP) is -0.608. The van der Waals surface area contributed by atoms with Gasteiger partial charge in [-0.2, -0.15) is 5.06 Å². The summed E-state index contributed by atoms with van der Waals surface area (Å²) in [6, 6.07) is 3.33. The molecular weight excluding hydrogens is 352 g/mol. The highest BCUT2D eigenvalue weighted by Crippen LogP contribution is 2.42. The molecule has 0 radical (unpaired) electrons. The number of piperidine rings is 1. The first-order valence-electron chi connectivity index (χ1n) is 8.84. The maximum atomic E-state index is 12.5. The van der Waals surface area contributed by atoms with Crippen LogP contribution in [0.3, 0.4) is 0 Å². The van der Waals surface area contributed by atoms with E-state index in [-0.39, 0.29) is 30.6 Å². The fourth-order valence-corrected chi connectivity index (χ4v) is 3.71. The molecule has 3 heterocycles. The number of hydroxylamine groups is 2. The quantitative estimate of drug-likeness (QED) is 0.545. The molecule has 0 aliphatic carbocycles. The van der Waals surface area contributed by atoms with Crippen molar-refractivity contribution in [2.45, 2.75) is 32.2 Å². The van der Waals surface area contributed by atoms with Gasteiger partial charge in [-0.05, 0) is 18.9 Å². The fourth-order valence-electron chi connectivity index (χ4n) is 3.71. The lowest BCUT2D eigenvalue weighted by Gasteiger charge is -2.37. The highest BCUT2D eigenvalue weighted by molar-refractivity contribution is 6.04. The summed E-state index contributed by atoms with van der Waals surface area (Å²) in [5.74, 6) is -1.17. The van der Waals surface area contributed by atoms with Gasteiger partial charge < -0.3 is 10.6 Å². The fraction of sp³-hybridized carbons (Fsp3) is 0.500. The lowest BCUT2D eigenvalue weighted by atomic mass is 9.77. The monoisotopic (exact) mass is 375 g/mol. The first-order chi connectivity index (χ1) is 12.9. The van der Waals surface area contributed by atoms with E-state index in [1.807, 2.05) is 0 Å². The van der Waals surface area contributed by atoms with Crippen LogP contribution in [0.15, 0.2) is 24.5 Å². The number of carbonyl (C=O) groups is 4. The standard InChI is InChI=1S/C18H22N4O5/c1-27-22-15(24)11-18(17(22)26)5-9-21(10-6-18)14(23)4-8-20-7-2-3-13(12-20)16(19)25/h2-3,7,12H,4-6,8-11H2,1H3,(H-,19,25)/p+1. The number of nitrogens with zero attached hydrogens (tertiary/aromatic N) is 3. The van der Waals surface area contributed by atoms with Crippen molar-refractivity contribution in [1.29, 1.82) is 0 Å². The van der Waals surface area contributed by atoms with Crippen LogP contribution in [0.5, 0.6) is 0 Å². The van der Waals surface area contributed by atoms with Crippen molar-refractivity contribution in [3.8, 4) is 0 Å². The number of aromatic nitrogens is 1. The zero-order valence-corrected chi connectivity index (χ0v) is 15.2. The van der Waals surface area contributed by atoms with Gasteiger partial charge >= 0.3 is 0 Å². The molecule has 1 spiro atoms. The molecule has 0 saturated carbocycles. The van der Waals surface area contributed by atoms with E-state index in [4.69, 9.17) is 10.6 Å². The molecule has 2 aliphatic heterocycles. The molecule has 144 valence electrons. The molecule has 3 rings (SSSR count). The molecule has 0 unspecified atom stereocenters. The van der Waals surface area contributed by atoms with E-state index in [2.05, 4.69) is 0 Å². The summed E-state index contributed by atoms with van der Waals surface area (Å²) in [4.78, 5) is 54.6. The summed E-state index contributed by atoms with van der Waals surface area (Å²) in [5, 5.41) is 0.833. The van der Waals surface area contributed by atoms with Crippen LogP contribution in [0, 0.1) is 5.41 Å². The van der Waals surface area contributed by atoms with Crippen molar-refractivity contribution in [2.75, 3.05) is 20.2 Å². The van der Waals surface area contributed by atoms with Gasteiger partial charge in [-0.1, -0.05) is 0 Å². The number of carbonyl (C=O) groups excluding carboxylic acids is 4. The molecule has 27 heavy (non-hydrogen) atoms. The average Bonchev–Trinajstić information content (AvgIpc) is 2.89. The lowest BCUT2D eigenvalue weighted by Crippen LogP contribution is -2.47. The van der Waals surface area contributed by atoms with Crippen LogP contribution in [0.4, 0.5) is 0 Å². The molecule has 4 amide bonds. The molecule has 0 atom stereocenters. The molecule has 0 aromatic carbocycles. The Morgan fingerprint density at radius 1 is 1.30 bits per heavy atom. The topological polar surface area (TPSA) is 114 Å². The smallest absolute Gasteiger partial charge is 0.260 e. The molecule has 1 aromatic rings. The number of aryl methyl sites for hydroxylation is 1. The van der Waals surface area contributed by atoms with Gasteiger partial charge in [0.15, 0.2) is 18.9 Å². The molecular formula is C18H23N4O5+. The Morgan fingerprint density at radius 3 is 2.59 bits per heavy atom. The minimum Gasteiger partial charge on any atom is -0.365 e. The Bertz CT molecular complexity index is 786. The van der Waals surface area contributed by atoms with Crippen molar-refractivity contribution in [3.05, 3.63) is 30.1 Å². The van der Waals surface area contributed by atoms with E-state index < -0.39 is 11.3 Å². The van der Waals surface area contributed by atoms with Crippen LogP contribution in [0.2, 0.25) is 0 Å². The summed E-state index contributed by atoms with van der Waals surface area (Å²) >= 11 is 0. The van der Waals surface area contributed by atoms with Crippen molar-refractivity contribution in [1.82, 2.24) is 9.96 Å². The van der Waals surface area contributed by atoms with Gasteiger partial charge in [-0.25, -0.2) is 4.57 Å². The number of hydrogen-bond acceptors (Lipinski definition) is 5. The van der Waals surface area contributed by atoms with Gasteiger partial charge in [0, 0.05) is 25.6 Å². The zero-order chi connectivity index (χ0) is 19.6. The average molecular weight is 375 g/mol. The number of amides is 4.